The van der Waals surface area contributed by atoms with E-state index >= 15 is 0 Å². The molecular weight excluding hydrogens is 448 g/mol. The Labute approximate surface area is 194 Å². The molecule has 1 aliphatic heterocycles. The Balaban J connectivity index is 2.14. The molecule has 0 aromatic heterocycles. The van der Waals surface area contributed by atoms with Gasteiger partial charge in [0.05, 0.1) is 50.6 Å². The van der Waals surface area contributed by atoms with Crippen LogP contribution >= 0.6 is 0 Å². The summed E-state index contributed by atoms with van der Waals surface area (Å²) in [6, 6.07) is 8.80. The van der Waals surface area contributed by atoms with Gasteiger partial charge in [-0.1, -0.05) is 0 Å². The lowest BCUT2D eigenvalue weighted by Gasteiger charge is -2.26. The van der Waals surface area contributed by atoms with Crippen LogP contribution in [0.2, 0.25) is 0 Å². The molecule has 1 saturated heterocycles. The predicted octanol–water partition coefficient (Wildman–Crippen LogP) is 2.04. The van der Waals surface area contributed by atoms with Gasteiger partial charge >= 0.3 is 0 Å². The molecule has 11 heteroatoms. The first-order valence-corrected chi connectivity index (χ1v) is 10.3. The van der Waals surface area contributed by atoms with Crippen molar-refractivity contribution in [3.05, 3.63) is 69.3 Å². The van der Waals surface area contributed by atoms with Crippen LogP contribution < -0.4 is 9.47 Å². The quantitative estimate of drug-likeness (QED) is 0.132. The van der Waals surface area contributed by atoms with E-state index in [2.05, 4.69) is 0 Å². The number of Topliss-reactive ketones (excluding diaryl/α,β-unsaturated/α-hetero) is 1. The van der Waals surface area contributed by atoms with Crippen molar-refractivity contribution in [1.82, 2.24) is 4.90 Å². The predicted molar refractivity (Wildman–Crippen MR) is 120 cm³/mol. The van der Waals surface area contributed by atoms with E-state index in [4.69, 9.17) is 19.3 Å². The normalized spacial score (nSPS) is 17.1. The second kappa shape index (κ2) is 10.8. The number of aliphatic hydroxyl groups excluding tert-OH is 2. The number of aliphatic hydroxyl groups is 2. The Morgan fingerprint density at radius 2 is 1.79 bits per heavy atom. The zero-order valence-electron chi connectivity index (χ0n) is 18.6. The summed E-state index contributed by atoms with van der Waals surface area (Å²) in [4.78, 5) is 37.6. The highest BCUT2D eigenvalue weighted by atomic mass is 16.6. The lowest BCUT2D eigenvalue weighted by molar-refractivity contribution is -0.384. The molecule has 0 saturated carbocycles. The summed E-state index contributed by atoms with van der Waals surface area (Å²) in [6.45, 7) is -0.0977. The molecule has 1 heterocycles. The molecule has 1 aliphatic rings. The second-order valence-electron chi connectivity index (χ2n) is 7.24. The van der Waals surface area contributed by atoms with Gasteiger partial charge in [-0.2, -0.15) is 0 Å². The topological polar surface area (TPSA) is 149 Å². The molecular formula is C23H24N2O9. The molecule has 0 aliphatic carbocycles. The average Bonchev–Trinajstić information content (AvgIpc) is 3.10. The molecule has 2 aromatic rings. The summed E-state index contributed by atoms with van der Waals surface area (Å²) in [5.41, 5.74) is 0.182. The molecule has 2 aromatic carbocycles. The number of likely N-dealkylation sites (tertiary alicyclic amines) is 1. The van der Waals surface area contributed by atoms with Crippen molar-refractivity contribution in [3.63, 3.8) is 0 Å². The number of ketones is 1. The molecule has 3 rings (SSSR count). The summed E-state index contributed by atoms with van der Waals surface area (Å²) in [5.74, 6) is -1.43. The van der Waals surface area contributed by atoms with E-state index in [0.29, 0.717) is 17.1 Å². The van der Waals surface area contributed by atoms with E-state index in [9.17, 15) is 24.8 Å². The number of rotatable bonds is 10. The molecule has 0 spiro atoms. The number of nitro groups is 1. The van der Waals surface area contributed by atoms with Crippen LogP contribution in [0.15, 0.2) is 48.0 Å². The fourth-order valence-electron chi connectivity index (χ4n) is 3.70. The van der Waals surface area contributed by atoms with Gasteiger partial charge in [-0.25, -0.2) is 0 Å². The average molecular weight is 472 g/mol. The number of carbonyl (C=O) groups excluding carboxylic acids is 2. The van der Waals surface area contributed by atoms with Crippen molar-refractivity contribution in [2.75, 3.05) is 40.6 Å². The Kier molecular flexibility index (Phi) is 7.82. The smallest absolute Gasteiger partial charge is 0.295 e. The van der Waals surface area contributed by atoms with Crippen molar-refractivity contribution >= 4 is 23.1 Å². The first-order valence-electron chi connectivity index (χ1n) is 10.3. The second-order valence-corrected chi connectivity index (χ2v) is 7.24. The fourth-order valence-corrected chi connectivity index (χ4v) is 3.70. The summed E-state index contributed by atoms with van der Waals surface area (Å²) >= 11 is 0. The lowest BCUT2D eigenvalue weighted by Crippen LogP contribution is -2.33. The van der Waals surface area contributed by atoms with E-state index in [1.54, 1.807) is 18.2 Å². The standard InChI is InChI=1S/C23H24N2O9/c1-32-16-7-8-17(18(13-16)33-2)20-19(21(27)14-3-5-15(6-4-14)25(30)31)22(28)23(29)24(20)9-11-34-12-10-26/h3-8,13,20,26-27H,9-12H2,1-2H3/b21-19+. The van der Waals surface area contributed by atoms with Crippen LogP contribution in [0.4, 0.5) is 5.69 Å². The number of hydrogen-bond acceptors (Lipinski definition) is 9. The molecule has 180 valence electrons. The number of non-ortho nitro benzene ring substituents is 1. The number of benzene rings is 2. The molecule has 0 bridgehead atoms. The summed E-state index contributed by atoms with van der Waals surface area (Å²) < 4.78 is 16.0. The van der Waals surface area contributed by atoms with Gasteiger partial charge < -0.3 is 29.3 Å². The Hall–Kier alpha value is -3.96. The number of nitrogens with zero attached hydrogens (tertiary/aromatic N) is 2. The van der Waals surface area contributed by atoms with Crippen LogP contribution in [0.3, 0.4) is 0 Å². The van der Waals surface area contributed by atoms with Gasteiger partial charge in [-0.3, -0.25) is 19.7 Å². The first kappa shape index (κ1) is 24.7. The molecule has 1 amide bonds. The zero-order chi connectivity index (χ0) is 24.8. The highest BCUT2D eigenvalue weighted by Crippen LogP contribution is 2.43. The van der Waals surface area contributed by atoms with Crippen LogP contribution in [0.25, 0.3) is 5.76 Å². The van der Waals surface area contributed by atoms with E-state index in [-0.39, 0.29) is 43.2 Å². The fraction of sp³-hybridized carbons (Fsp3) is 0.304. The van der Waals surface area contributed by atoms with Gasteiger partial charge in [0.1, 0.15) is 17.3 Å². The van der Waals surface area contributed by atoms with Gasteiger partial charge in [-0.15, -0.1) is 0 Å². The Bertz CT molecular complexity index is 1110. The van der Waals surface area contributed by atoms with Gasteiger partial charge in [0.2, 0.25) is 0 Å². The van der Waals surface area contributed by atoms with Crippen molar-refractivity contribution in [1.29, 1.82) is 0 Å². The first-order chi connectivity index (χ1) is 16.3. The molecule has 1 atom stereocenters. The van der Waals surface area contributed by atoms with Crippen LogP contribution in [0, 0.1) is 10.1 Å². The van der Waals surface area contributed by atoms with Crippen LogP contribution in [0.5, 0.6) is 11.5 Å². The maximum Gasteiger partial charge on any atom is 0.295 e. The number of amides is 1. The van der Waals surface area contributed by atoms with Gasteiger partial charge in [-0.05, 0) is 24.3 Å². The van der Waals surface area contributed by atoms with E-state index < -0.39 is 28.4 Å². The minimum absolute atomic E-state index is 0.00145. The molecule has 1 fully saturated rings. The Morgan fingerprint density at radius 3 is 2.38 bits per heavy atom. The van der Waals surface area contributed by atoms with Crippen molar-refractivity contribution in [2.45, 2.75) is 6.04 Å². The lowest BCUT2D eigenvalue weighted by atomic mass is 9.94. The SMILES string of the molecule is COc1ccc(C2/C(=C(\O)c3ccc([N+](=O)[O-])cc3)C(=O)C(=O)N2CCOCCO)c(OC)c1. The third-order valence-electron chi connectivity index (χ3n) is 5.34. The molecule has 2 N–H and O–H groups in total. The number of methoxy groups -OCH3 is 2. The summed E-state index contributed by atoms with van der Waals surface area (Å²) in [6.07, 6.45) is 0. The monoisotopic (exact) mass is 472 g/mol. The maximum atomic E-state index is 13.0. The van der Waals surface area contributed by atoms with Crippen LogP contribution in [0.1, 0.15) is 17.2 Å². The van der Waals surface area contributed by atoms with Crippen molar-refractivity contribution < 1.29 is 38.9 Å². The number of hydrogen-bond donors (Lipinski definition) is 2. The van der Waals surface area contributed by atoms with E-state index in [1.807, 2.05) is 0 Å². The molecule has 11 nitrogen and oxygen atoms in total. The largest absolute Gasteiger partial charge is 0.507 e. The van der Waals surface area contributed by atoms with E-state index in [0.717, 1.165) is 0 Å². The zero-order valence-corrected chi connectivity index (χ0v) is 18.6. The van der Waals surface area contributed by atoms with E-state index in [1.165, 1.54) is 43.4 Å². The summed E-state index contributed by atoms with van der Waals surface area (Å²) in [5, 5.41) is 30.9. The van der Waals surface area contributed by atoms with Crippen LogP contribution in [-0.2, 0) is 14.3 Å². The molecule has 0 radical (unpaired) electrons. The maximum absolute atomic E-state index is 13.0. The van der Waals surface area contributed by atoms with Gasteiger partial charge in [0.15, 0.2) is 0 Å². The summed E-state index contributed by atoms with van der Waals surface area (Å²) in [7, 11) is 2.90. The third kappa shape index (κ3) is 4.85. The van der Waals surface area contributed by atoms with Crippen molar-refractivity contribution in [2.24, 2.45) is 0 Å². The van der Waals surface area contributed by atoms with Gasteiger partial charge in [0.25, 0.3) is 17.4 Å². The van der Waals surface area contributed by atoms with Crippen molar-refractivity contribution in [3.8, 4) is 11.5 Å². The highest BCUT2D eigenvalue weighted by molar-refractivity contribution is 6.46. The number of nitro benzene ring substituents is 1. The Morgan fingerprint density at radius 1 is 1.09 bits per heavy atom. The minimum Gasteiger partial charge on any atom is -0.507 e. The number of ether oxygens (including phenoxy) is 3. The molecule has 1 unspecified atom stereocenters. The number of carbonyl (C=O) groups is 2. The minimum atomic E-state index is -1.02. The molecule has 34 heavy (non-hydrogen) atoms. The third-order valence-corrected chi connectivity index (χ3v) is 5.34. The van der Waals surface area contributed by atoms with Crippen LogP contribution in [-0.4, -0.2) is 72.3 Å². The van der Waals surface area contributed by atoms with Gasteiger partial charge in [0, 0.05) is 35.9 Å². The highest BCUT2D eigenvalue weighted by Gasteiger charge is 2.47.